The highest BCUT2D eigenvalue weighted by Crippen LogP contribution is 2.60. The van der Waals surface area contributed by atoms with E-state index in [9.17, 15) is 21.6 Å². The van der Waals surface area contributed by atoms with Crippen LogP contribution in [0.4, 0.5) is 13.2 Å². The summed E-state index contributed by atoms with van der Waals surface area (Å²) in [6, 6.07) is 8.50. The van der Waals surface area contributed by atoms with Crippen molar-refractivity contribution in [2.45, 2.75) is 10.4 Å². The van der Waals surface area contributed by atoms with Crippen molar-refractivity contribution in [1.29, 1.82) is 0 Å². The van der Waals surface area contributed by atoms with Gasteiger partial charge in [-0.2, -0.15) is 21.6 Å². The van der Waals surface area contributed by atoms with E-state index >= 15 is 0 Å². The minimum Gasteiger partial charge on any atom is -0.204 e. The largest absolute Gasteiger partial charge is 0.523 e. The molecule has 3 nitrogen and oxygen atoms in total. The first-order valence-electron chi connectivity index (χ1n) is 4.54. The molecule has 0 aromatic heterocycles. The summed E-state index contributed by atoms with van der Waals surface area (Å²) in [6.45, 7) is 0. The van der Waals surface area contributed by atoms with Crippen LogP contribution in [-0.2, 0) is 13.7 Å². The van der Waals surface area contributed by atoms with Gasteiger partial charge < -0.3 is 0 Å². The quantitative estimate of drug-likeness (QED) is 0.629. The Labute approximate surface area is 109 Å². The Hall–Kier alpha value is -0.380. The fraction of sp³-hybridized carbons (Fsp3) is 0.333. The Morgan fingerprint density at radius 2 is 1.61 bits per heavy atom. The van der Waals surface area contributed by atoms with Crippen LogP contribution in [0.2, 0.25) is 0 Å². The molecule has 9 heteroatoms. The molecule has 0 aliphatic carbocycles. The van der Waals surface area contributed by atoms with Gasteiger partial charge in [0.05, 0.1) is 0 Å². The molecule has 0 atom stereocenters. The summed E-state index contributed by atoms with van der Waals surface area (Å²) >= 11 is 0. The summed E-state index contributed by atoms with van der Waals surface area (Å²) in [5.74, 6) is 0. The highest BCUT2D eigenvalue weighted by Gasteiger charge is 2.49. The van der Waals surface area contributed by atoms with Crippen LogP contribution >= 0.6 is 20.1 Å². The molecule has 18 heavy (non-hydrogen) atoms. The maximum absolute atomic E-state index is 12.2. The maximum Gasteiger partial charge on any atom is 0.523 e. The van der Waals surface area contributed by atoms with E-state index in [1.54, 1.807) is 30.3 Å². The number of rotatable bonds is 4. The third-order valence-corrected chi connectivity index (χ3v) is 7.32. The minimum absolute atomic E-state index is 0.648. The molecule has 0 radical (unpaired) electrons. The molecule has 0 aliphatic rings. The lowest BCUT2D eigenvalue weighted by Crippen LogP contribution is -2.25. The summed E-state index contributed by atoms with van der Waals surface area (Å²) in [4.78, 5) is 0.648. The van der Waals surface area contributed by atoms with Gasteiger partial charge in [-0.05, 0) is 24.6 Å². The third kappa shape index (κ3) is 4.38. The highest BCUT2D eigenvalue weighted by molar-refractivity contribution is 8.92. The SMILES string of the molecule is CS(C)(OS(=O)(=O)C(F)(F)F)Sc1ccccc1. The lowest BCUT2D eigenvalue weighted by atomic mass is 10.4. The van der Waals surface area contributed by atoms with Crippen LogP contribution in [0.5, 0.6) is 0 Å². The first-order valence-corrected chi connectivity index (χ1v) is 9.65. The average molecular weight is 320 g/mol. The predicted octanol–water partition coefficient (Wildman–Crippen LogP) is 3.54. The summed E-state index contributed by atoms with van der Waals surface area (Å²) in [5.41, 5.74) is -5.39. The fourth-order valence-corrected chi connectivity index (χ4v) is 6.49. The second-order valence-electron chi connectivity index (χ2n) is 3.51. The molecule has 0 N–H and O–H groups in total. The molecule has 0 aliphatic heterocycles. The van der Waals surface area contributed by atoms with Gasteiger partial charge in [0.15, 0.2) is 0 Å². The van der Waals surface area contributed by atoms with Crippen molar-refractivity contribution in [2.75, 3.05) is 12.5 Å². The van der Waals surface area contributed by atoms with Crippen molar-refractivity contribution in [1.82, 2.24) is 0 Å². The Morgan fingerprint density at radius 3 is 2.06 bits per heavy atom. The van der Waals surface area contributed by atoms with Gasteiger partial charge in [-0.3, -0.25) is 0 Å². The third-order valence-electron chi connectivity index (χ3n) is 1.58. The van der Waals surface area contributed by atoms with Crippen molar-refractivity contribution in [3.63, 3.8) is 0 Å². The van der Waals surface area contributed by atoms with Crippen molar-refractivity contribution in [3.8, 4) is 0 Å². The molecular formula is C9H11F3O3S3. The van der Waals surface area contributed by atoms with Gasteiger partial charge in [0.1, 0.15) is 0 Å². The lowest BCUT2D eigenvalue weighted by Gasteiger charge is -2.28. The predicted molar refractivity (Wildman–Crippen MR) is 67.8 cm³/mol. The maximum atomic E-state index is 12.2. The number of halogens is 3. The highest BCUT2D eigenvalue weighted by atomic mass is 33.2. The van der Waals surface area contributed by atoms with Crippen molar-refractivity contribution < 1.29 is 25.2 Å². The van der Waals surface area contributed by atoms with Gasteiger partial charge in [0.25, 0.3) is 0 Å². The van der Waals surface area contributed by atoms with E-state index in [1.165, 1.54) is 12.5 Å². The molecule has 0 heterocycles. The number of hydrogen-bond donors (Lipinski definition) is 0. The zero-order valence-electron chi connectivity index (χ0n) is 9.47. The van der Waals surface area contributed by atoms with E-state index < -0.39 is 25.0 Å². The van der Waals surface area contributed by atoms with Crippen molar-refractivity contribution >= 4 is 30.3 Å². The normalized spacial score (nSPS) is 14.5. The smallest absolute Gasteiger partial charge is 0.204 e. The van der Waals surface area contributed by atoms with Gasteiger partial charge in [0, 0.05) is 4.90 Å². The molecule has 1 rings (SSSR count). The van der Waals surface area contributed by atoms with E-state index in [-0.39, 0.29) is 0 Å². The molecule has 0 saturated heterocycles. The second kappa shape index (κ2) is 5.32. The van der Waals surface area contributed by atoms with E-state index in [2.05, 4.69) is 3.63 Å². The van der Waals surface area contributed by atoms with Crippen molar-refractivity contribution in [2.24, 2.45) is 0 Å². The Bertz CT molecular complexity index is 497. The minimum atomic E-state index is -5.56. The molecule has 1 aromatic carbocycles. The summed E-state index contributed by atoms with van der Waals surface area (Å²) in [6.07, 6.45) is 2.68. The topological polar surface area (TPSA) is 43.4 Å². The van der Waals surface area contributed by atoms with Crippen LogP contribution in [0.15, 0.2) is 35.2 Å². The zero-order chi connectivity index (χ0) is 14.0. The number of alkyl halides is 3. The van der Waals surface area contributed by atoms with Gasteiger partial charge in [-0.25, -0.2) is 3.63 Å². The van der Waals surface area contributed by atoms with Gasteiger partial charge in [-0.15, -0.1) is 0 Å². The Kier molecular flexibility index (Phi) is 4.63. The second-order valence-corrected chi connectivity index (χ2v) is 11.3. The molecule has 1 aromatic rings. The summed E-state index contributed by atoms with van der Waals surface area (Å²) < 4.78 is 62.7. The zero-order valence-corrected chi connectivity index (χ0v) is 11.9. The van der Waals surface area contributed by atoms with Crippen LogP contribution < -0.4 is 0 Å². The van der Waals surface area contributed by atoms with E-state index in [4.69, 9.17) is 0 Å². The van der Waals surface area contributed by atoms with E-state index in [0.717, 1.165) is 10.8 Å². The Morgan fingerprint density at radius 1 is 1.11 bits per heavy atom. The van der Waals surface area contributed by atoms with Crippen molar-refractivity contribution in [3.05, 3.63) is 30.3 Å². The van der Waals surface area contributed by atoms with Crippen LogP contribution in [0.3, 0.4) is 0 Å². The molecule has 0 saturated carbocycles. The van der Waals surface area contributed by atoms with E-state index in [1.807, 2.05) is 0 Å². The van der Waals surface area contributed by atoms with Gasteiger partial charge in [-0.1, -0.05) is 38.3 Å². The first kappa shape index (κ1) is 15.7. The number of hydrogen-bond acceptors (Lipinski definition) is 4. The molecule has 0 fully saturated rings. The average Bonchev–Trinajstić information content (AvgIpc) is 2.14. The Balaban J connectivity index is 2.84. The number of benzene rings is 1. The molecular weight excluding hydrogens is 309 g/mol. The van der Waals surface area contributed by atoms with Crippen LogP contribution in [0.1, 0.15) is 0 Å². The summed E-state index contributed by atoms with van der Waals surface area (Å²) in [5, 5.41) is 0. The van der Waals surface area contributed by atoms with E-state index in [0.29, 0.717) is 4.90 Å². The lowest BCUT2D eigenvalue weighted by molar-refractivity contribution is -0.0495. The molecule has 0 spiro atoms. The molecule has 0 unspecified atom stereocenters. The monoisotopic (exact) mass is 320 g/mol. The molecule has 0 bridgehead atoms. The first-order chi connectivity index (χ1) is 8.04. The standard InChI is InChI=1S/C9H11F3O3S3/c1-17(2,15-18(13,14)9(10,11)12)16-8-6-4-3-5-7-8/h3-7H,1-2H3. The fourth-order valence-electron chi connectivity index (χ4n) is 0.976. The van der Waals surface area contributed by atoms with Crippen LogP contribution in [-0.4, -0.2) is 26.4 Å². The van der Waals surface area contributed by atoms with Crippen LogP contribution in [0, 0.1) is 0 Å². The molecule has 0 amide bonds. The summed E-state index contributed by atoms with van der Waals surface area (Å²) in [7, 11) is -7.06. The van der Waals surface area contributed by atoms with Gasteiger partial charge in [0.2, 0.25) is 0 Å². The molecule has 104 valence electrons. The van der Waals surface area contributed by atoms with Crippen LogP contribution in [0.25, 0.3) is 0 Å². The van der Waals surface area contributed by atoms with Gasteiger partial charge >= 0.3 is 15.6 Å².